The molecule has 9 heteroatoms. The van der Waals surface area contributed by atoms with Crippen LogP contribution in [0, 0.1) is 0 Å². The Labute approximate surface area is 108 Å². The van der Waals surface area contributed by atoms with E-state index in [-0.39, 0.29) is 19.3 Å². The standard InChI is InChI=1S/C6H9N3O2.C4H6O4/c7-5(6(10)11)1-4-2-8-3-9-4;5-3(6)1-2-4(7)8/h2-3,5H,1,7H2,(H,8,9)(H,10,11);1-2H2,(H,5,6)(H,7,8). The van der Waals surface area contributed by atoms with E-state index in [0.717, 1.165) is 5.69 Å². The van der Waals surface area contributed by atoms with Gasteiger partial charge in [0.25, 0.3) is 0 Å². The summed E-state index contributed by atoms with van der Waals surface area (Å²) >= 11 is 0. The molecule has 0 saturated heterocycles. The second kappa shape index (κ2) is 8.64. The lowest BCUT2D eigenvalue weighted by Gasteiger charge is -2.02. The molecule has 0 bridgehead atoms. The Morgan fingerprint density at radius 1 is 1.21 bits per heavy atom. The molecule has 0 fully saturated rings. The first-order chi connectivity index (χ1) is 8.82. The minimum atomic E-state index is -1.08. The van der Waals surface area contributed by atoms with Crippen molar-refractivity contribution in [1.82, 2.24) is 9.97 Å². The number of imidazole rings is 1. The van der Waals surface area contributed by atoms with E-state index in [9.17, 15) is 14.4 Å². The Hall–Kier alpha value is -2.42. The third kappa shape index (κ3) is 9.30. The van der Waals surface area contributed by atoms with Crippen LogP contribution in [0.5, 0.6) is 0 Å². The number of aromatic amines is 1. The number of hydrogen-bond donors (Lipinski definition) is 5. The van der Waals surface area contributed by atoms with E-state index in [0.29, 0.717) is 0 Å². The van der Waals surface area contributed by atoms with E-state index in [1.165, 1.54) is 6.33 Å². The Morgan fingerprint density at radius 3 is 2.05 bits per heavy atom. The summed E-state index contributed by atoms with van der Waals surface area (Å²) in [7, 11) is 0. The number of carbonyl (C=O) groups is 3. The summed E-state index contributed by atoms with van der Waals surface area (Å²) in [4.78, 5) is 36.0. The molecule has 6 N–H and O–H groups in total. The zero-order valence-corrected chi connectivity index (χ0v) is 9.94. The first-order valence-electron chi connectivity index (χ1n) is 5.22. The SMILES string of the molecule is NC(Cc1cnc[nH]1)C(=O)O.O=C(O)CCC(=O)O. The highest BCUT2D eigenvalue weighted by Gasteiger charge is 2.12. The largest absolute Gasteiger partial charge is 0.481 e. The molecular formula is C10H15N3O6. The molecule has 0 saturated carbocycles. The van der Waals surface area contributed by atoms with Crippen molar-refractivity contribution in [3.8, 4) is 0 Å². The van der Waals surface area contributed by atoms with Crippen LogP contribution in [-0.2, 0) is 20.8 Å². The molecule has 106 valence electrons. The quantitative estimate of drug-likeness (QED) is 0.453. The molecule has 1 aromatic heterocycles. The Morgan fingerprint density at radius 2 is 1.74 bits per heavy atom. The number of aromatic nitrogens is 2. The van der Waals surface area contributed by atoms with Gasteiger partial charge >= 0.3 is 17.9 Å². The molecule has 0 amide bonds. The van der Waals surface area contributed by atoms with Gasteiger partial charge < -0.3 is 26.0 Å². The van der Waals surface area contributed by atoms with E-state index < -0.39 is 23.9 Å². The normalized spacial score (nSPS) is 11.0. The van der Waals surface area contributed by atoms with E-state index in [1.807, 2.05) is 0 Å². The molecule has 9 nitrogen and oxygen atoms in total. The molecular weight excluding hydrogens is 258 g/mol. The second-order valence-electron chi connectivity index (χ2n) is 3.51. The van der Waals surface area contributed by atoms with Crippen molar-refractivity contribution in [2.45, 2.75) is 25.3 Å². The fourth-order valence-corrected chi connectivity index (χ4v) is 0.934. The maximum Gasteiger partial charge on any atom is 0.320 e. The molecule has 0 radical (unpaired) electrons. The predicted octanol–water partition coefficient (Wildman–Crippen LogP) is -0.700. The molecule has 1 atom stereocenters. The van der Waals surface area contributed by atoms with Crippen LogP contribution >= 0.6 is 0 Å². The molecule has 1 rings (SSSR count). The summed E-state index contributed by atoms with van der Waals surface area (Å²) in [5, 5.41) is 24.2. The van der Waals surface area contributed by atoms with Gasteiger partial charge in [-0.2, -0.15) is 0 Å². The van der Waals surface area contributed by atoms with Crippen molar-refractivity contribution in [3.05, 3.63) is 18.2 Å². The number of nitrogens with zero attached hydrogens (tertiary/aromatic N) is 1. The zero-order valence-electron chi connectivity index (χ0n) is 9.94. The summed E-state index contributed by atoms with van der Waals surface area (Å²) in [5.74, 6) is -3.15. The molecule has 0 aliphatic carbocycles. The number of rotatable bonds is 6. The fraction of sp³-hybridized carbons (Fsp3) is 0.400. The van der Waals surface area contributed by atoms with Crippen LogP contribution in [0.4, 0.5) is 0 Å². The van der Waals surface area contributed by atoms with Crippen LogP contribution in [0.1, 0.15) is 18.5 Å². The van der Waals surface area contributed by atoms with Crippen molar-refractivity contribution in [3.63, 3.8) is 0 Å². The zero-order chi connectivity index (χ0) is 14.8. The topological polar surface area (TPSA) is 167 Å². The lowest BCUT2D eigenvalue weighted by Crippen LogP contribution is -2.32. The monoisotopic (exact) mass is 273 g/mol. The van der Waals surface area contributed by atoms with Crippen molar-refractivity contribution in [2.24, 2.45) is 5.73 Å². The number of hydrogen-bond acceptors (Lipinski definition) is 5. The molecule has 1 aromatic rings. The highest BCUT2D eigenvalue weighted by atomic mass is 16.4. The van der Waals surface area contributed by atoms with Crippen LogP contribution in [-0.4, -0.2) is 49.2 Å². The average Bonchev–Trinajstić information content (AvgIpc) is 2.80. The summed E-state index contributed by atoms with van der Waals surface area (Å²) in [6.07, 6.45) is 2.74. The number of nitrogens with one attached hydrogen (secondary N) is 1. The average molecular weight is 273 g/mol. The van der Waals surface area contributed by atoms with Gasteiger partial charge in [-0.05, 0) is 0 Å². The van der Waals surface area contributed by atoms with Crippen molar-refractivity contribution in [2.75, 3.05) is 0 Å². The van der Waals surface area contributed by atoms with Gasteiger partial charge in [0.1, 0.15) is 6.04 Å². The second-order valence-corrected chi connectivity index (χ2v) is 3.51. The smallest absolute Gasteiger partial charge is 0.320 e. The predicted molar refractivity (Wildman–Crippen MR) is 62.4 cm³/mol. The Bertz CT molecular complexity index is 403. The van der Waals surface area contributed by atoms with Gasteiger partial charge in [0.05, 0.1) is 19.2 Å². The van der Waals surface area contributed by atoms with E-state index in [4.69, 9.17) is 21.1 Å². The molecule has 0 aromatic carbocycles. The molecule has 0 aliphatic rings. The highest BCUT2D eigenvalue weighted by molar-refractivity contribution is 5.75. The summed E-state index contributed by atoms with van der Waals surface area (Å²) in [5.41, 5.74) is 6.00. The first kappa shape index (κ1) is 16.6. The molecule has 1 heterocycles. The maximum atomic E-state index is 10.3. The molecule has 19 heavy (non-hydrogen) atoms. The summed E-state index contributed by atoms with van der Waals surface area (Å²) in [6.45, 7) is 0. The minimum Gasteiger partial charge on any atom is -0.481 e. The molecule has 0 spiro atoms. The van der Waals surface area contributed by atoms with Crippen LogP contribution in [0.2, 0.25) is 0 Å². The maximum absolute atomic E-state index is 10.3. The van der Waals surface area contributed by atoms with Crippen LogP contribution in [0.25, 0.3) is 0 Å². The van der Waals surface area contributed by atoms with Gasteiger partial charge in [0.2, 0.25) is 0 Å². The molecule has 0 aliphatic heterocycles. The highest BCUT2D eigenvalue weighted by Crippen LogP contribution is 1.95. The first-order valence-corrected chi connectivity index (χ1v) is 5.22. The van der Waals surface area contributed by atoms with Gasteiger partial charge in [0, 0.05) is 18.3 Å². The Balaban J connectivity index is 0.000000362. The van der Waals surface area contributed by atoms with Crippen LogP contribution in [0.3, 0.4) is 0 Å². The van der Waals surface area contributed by atoms with Crippen LogP contribution < -0.4 is 5.73 Å². The van der Waals surface area contributed by atoms with E-state index >= 15 is 0 Å². The minimum absolute atomic E-state index is 0.287. The van der Waals surface area contributed by atoms with Crippen molar-refractivity contribution in [1.29, 1.82) is 0 Å². The van der Waals surface area contributed by atoms with Gasteiger partial charge in [-0.15, -0.1) is 0 Å². The van der Waals surface area contributed by atoms with E-state index in [1.54, 1.807) is 6.20 Å². The number of carboxylic acids is 3. The third-order valence-corrected chi connectivity index (χ3v) is 1.86. The fourth-order valence-electron chi connectivity index (χ4n) is 0.934. The van der Waals surface area contributed by atoms with Crippen molar-refractivity contribution >= 4 is 17.9 Å². The van der Waals surface area contributed by atoms with Gasteiger partial charge in [-0.1, -0.05) is 0 Å². The van der Waals surface area contributed by atoms with Gasteiger partial charge in [-0.3, -0.25) is 14.4 Å². The van der Waals surface area contributed by atoms with Crippen molar-refractivity contribution < 1.29 is 29.7 Å². The Kier molecular flexibility index (Phi) is 7.54. The number of H-pyrrole nitrogens is 1. The van der Waals surface area contributed by atoms with Gasteiger partial charge in [0.15, 0.2) is 0 Å². The number of nitrogens with two attached hydrogens (primary N) is 1. The lowest BCUT2D eigenvalue weighted by molar-refractivity contribution is -0.143. The number of aliphatic carboxylic acids is 3. The van der Waals surface area contributed by atoms with E-state index in [2.05, 4.69) is 9.97 Å². The summed E-state index contributed by atoms with van der Waals surface area (Å²) < 4.78 is 0. The third-order valence-electron chi connectivity index (χ3n) is 1.86. The van der Waals surface area contributed by atoms with Gasteiger partial charge in [-0.25, -0.2) is 4.98 Å². The summed E-state index contributed by atoms with van der Waals surface area (Å²) in [6, 6.07) is -0.851. The lowest BCUT2D eigenvalue weighted by atomic mass is 10.2. The number of carboxylic acid groups (broad SMARTS) is 3. The molecule has 1 unspecified atom stereocenters. The van der Waals surface area contributed by atoms with Crippen LogP contribution in [0.15, 0.2) is 12.5 Å².